The lowest BCUT2D eigenvalue weighted by Crippen LogP contribution is -2.27. The number of rotatable bonds is 6. The number of hydrogen-bond donors (Lipinski definition) is 1. The number of thiophene rings is 1. The number of methoxy groups -OCH3 is 1. The summed E-state index contributed by atoms with van der Waals surface area (Å²) in [6.07, 6.45) is 1.27. The van der Waals surface area contributed by atoms with Crippen molar-refractivity contribution in [1.29, 1.82) is 0 Å². The number of halogens is 2. The molecule has 1 aliphatic heterocycles. The van der Waals surface area contributed by atoms with Crippen molar-refractivity contribution in [2.45, 2.75) is 12.5 Å². The van der Waals surface area contributed by atoms with Gasteiger partial charge in [0.25, 0.3) is 0 Å². The third-order valence-electron chi connectivity index (χ3n) is 3.05. The second-order valence-electron chi connectivity index (χ2n) is 4.31. The molecular weight excluding hydrogens is 338 g/mol. The second kappa shape index (κ2) is 7.22. The van der Waals surface area contributed by atoms with Gasteiger partial charge in [-0.15, -0.1) is 11.3 Å². The van der Waals surface area contributed by atoms with E-state index in [1.165, 1.54) is 4.88 Å². The number of nitrogens with one attached hydrogen (secondary N) is 1. The van der Waals surface area contributed by atoms with Crippen LogP contribution in [-0.4, -0.2) is 33.4 Å². The van der Waals surface area contributed by atoms with Crippen molar-refractivity contribution < 1.29 is 9.47 Å². The molecule has 1 saturated heterocycles. The van der Waals surface area contributed by atoms with Crippen LogP contribution < -0.4 is 5.32 Å². The molecule has 0 radical (unpaired) electrons. The highest BCUT2D eigenvalue weighted by Crippen LogP contribution is 2.42. The SMILES string of the molecule is COCCNCC1CCOC1c1cc(Br)c(Cl)s1. The molecule has 1 aromatic rings. The van der Waals surface area contributed by atoms with Crippen LogP contribution in [-0.2, 0) is 9.47 Å². The van der Waals surface area contributed by atoms with E-state index in [1.807, 2.05) is 0 Å². The second-order valence-corrected chi connectivity index (χ2v) is 6.85. The third kappa shape index (κ3) is 3.68. The van der Waals surface area contributed by atoms with Crippen LogP contribution in [0.3, 0.4) is 0 Å². The van der Waals surface area contributed by atoms with E-state index in [1.54, 1.807) is 18.4 Å². The van der Waals surface area contributed by atoms with Gasteiger partial charge in [-0.1, -0.05) is 11.6 Å². The van der Waals surface area contributed by atoms with Crippen LogP contribution in [0.25, 0.3) is 0 Å². The maximum Gasteiger partial charge on any atom is 0.107 e. The van der Waals surface area contributed by atoms with Gasteiger partial charge in [-0.05, 0) is 28.4 Å². The molecule has 102 valence electrons. The minimum absolute atomic E-state index is 0.175. The topological polar surface area (TPSA) is 30.5 Å². The van der Waals surface area contributed by atoms with Crippen LogP contribution in [0, 0.1) is 5.92 Å². The van der Waals surface area contributed by atoms with E-state index in [4.69, 9.17) is 21.1 Å². The van der Waals surface area contributed by atoms with Crippen molar-refractivity contribution in [2.75, 3.05) is 33.4 Å². The first-order chi connectivity index (χ1) is 8.72. The Morgan fingerprint density at radius 1 is 1.67 bits per heavy atom. The highest BCUT2D eigenvalue weighted by atomic mass is 79.9. The fourth-order valence-electron chi connectivity index (χ4n) is 2.12. The quantitative estimate of drug-likeness (QED) is 0.793. The van der Waals surface area contributed by atoms with Crippen molar-refractivity contribution in [3.63, 3.8) is 0 Å². The molecule has 0 aromatic carbocycles. The van der Waals surface area contributed by atoms with Crippen LogP contribution >= 0.6 is 38.9 Å². The van der Waals surface area contributed by atoms with Crippen LogP contribution in [0.15, 0.2) is 10.5 Å². The maximum atomic E-state index is 6.09. The summed E-state index contributed by atoms with van der Waals surface area (Å²) in [7, 11) is 1.72. The highest BCUT2D eigenvalue weighted by Gasteiger charge is 2.31. The Bertz CT molecular complexity index is 369. The highest BCUT2D eigenvalue weighted by molar-refractivity contribution is 9.10. The summed E-state index contributed by atoms with van der Waals surface area (Å²) in [4.78, 5) is 1.21. The zero-order valence-corrected chi connectivity index (χ0v) is 13.4. The van der Waals surface area contributed by atoms with E-state index in [9.17, 15) is 0 Å². The molecule has 6 heteroatoms. The van der Waals surface area contributed by atoms with Gasteiger partial charge in [0.2, 0.25) is 0 Å². The fraction of sp³-hybridized carbons (Fsp3) is 0.667. The maximum absolute atomic E-state index is 6.09. The van der Waals surface area contributed by atoms with Crippen molar-refractivity contribution >= 4 is 38.9 Å². The summed E-state index contributed by atoms with van der Waals surface area (Å²) >= 11 is 11.1. The lowest BCUT2D eigenvalue weighted by Gasteiger charge is -2.17. The van der Waals surface area contributed by atoms with Gasteiger partial charge in [-0.2, -0.15) is 0 Å². The van der Waals surface area contributed by atoms with E-state index in [-0.39, 0.29) is 6.10 Å². The van der Waals surface area contributed by atoms with Gasteiger partial charge in [0.15, 0.2) is 0 Å². The number of hydrogen-bond acceptors (Lipinski definition) is 4. The van der Waals surface area contributed by atoms with Crippen molar-refractivity contribution in [1.82, 2.24) is 5.32 Å². The van der Waals surface area contributed by atoms with Gasteiger partial charge < -0.3 is 14.8 Å². The molecule has 0 saturated carbocycles. The monoisotopic (exact) mass is 353 g/mol. The molecule has 0 amide bonds. The predicted molar refractivity (Wildman–Crippen MR) is 78.6 cm³/mol. The molecule has 2 heterocycles. The zero-order valence-electron chi connectivity index (χ0n) is 10.2. The van der Waals surface area contributed by atoms with Gasteiger partial charge in [0.1, 0.15) is 4.34 Å². The van der Waals surface area contributed by atoms with Crippen LogP contribution in [0.1, 0.15) is 17.4 Å². The molecule has 0 spiro atoms. The lowest BCUT2D eigenvalue weighted by atomic mass is 10.0. The first-order valence-electron chi connectivity index (χ1n) is 5.98. The van der Waals surface area contributed by atoms with Crippen LogP contribution in [0.4, 0.5) is 0 Å². The molecule has 18 heavy (non-hydrogen) atoms. The summed E-state index contributed by atoms with van der Waals surface area (Å²) < 4.78 is 12.6. The molecule has 2 rings (SSSR count). The summed E-state index contributed by atoms with van der Waals surface area (Å²) in [6.45, 7) is 3.42. The lowest BCUT2D eigenvalue weighted by molar-refractivity contribution is 0.0926. The average molecular weight is 355 g/mol. The third-order valence-corrected chi connectivity index (χ3v) is 5.58. The van der Waals surface area contributed by atoms with Gasteiger partial charge in [-0.3, -0.25) is 0 Å². The molecular formula is C12H17BrClNO2S. The van der Waals surface area contributed by atoms with E-state index in [0.29, 0.717) is 5.92 Å². The Hall–Kier alpha value is 0.350. The van der Waals surface area contributed by atoms with E-state index in [0.717, 1.165) is 41.5 Å². The molecule has 2 atom stereocenters. The molecule has 1 N–H and O–H groups in total. The summed E-state index contributed by atoms with van der Waals surface area (Å²) in [5.41, 5.74) is 0. The molecule has 1 fully saturated rings. The Morgan fingerprint density at radius 3 is 3.17 bits per heavy atom. The summed E-state index contributed by atoms with van der Waals surface area (Å²) in [5.74, 6) is 0.517. The van der Waals surface area contributed by atoms with Crippen molar-refractivity contribution in [2.24, 2.45) is 5.92 Å². The van der Waals surface area contributed by atoms with E-state index < -0.39 is 0 Å². The van der Waals surface area contributed by atoms with Gasteiger partial charge in [0.05, 0.1) is 12.7 Å². The van der Waals surface area contributed by atoms with E-state index in [2.05, 4.69) is 27.3 Å². The minimum atomic E-state index is 0.175. The Balaban J connectivity index is 1.90. The fourth-order valence-corrected chi connectivity index (χ4v) is 4.00. The largest absolute Gasteiger partial charge is 0.383 e. The molecule has 1 aromatic heterocycles. The van der Waals surface area contributed by atoms with Crippen molar-refractivity contribution in [3.05, 3.63) is 19.8 Å². The van der Waals surface area contributed by atoms with Gasteiger partial charge in [-0.25, -0.2) is 0 Å². The van der Waals surface area contributed by atoms with E-state index >= 15 is 0 Å². The van der Waals surface area contributed by atoms with Crippen LogP contribution in [0.5, 0.6) is 0 Å². The minimum Gasteiger partial charge on any atom is -0.383 e. The molecule has 0 aliphatic carbocycles. The van der Waals surface area contributed by atoms with Gasteiger partial charge >= 0.3 is 0 Å². The Labute approximate surface area is 125 Å². The van der Waals surface area contributed by atoms with Crippen LogP contribution in [0.2, 0.25) is 4.34 Å². The van der Waals surface area contributed by atoms with Gasteiger partial charge in [0, 0.05) is 42.1 Å². The normalized spacial score (nSPS) is 23.7. The molecule has 2 unspecified atom stereocenters. The Morgan fingerprint density at radius 2 is 2.50 bits per heavy atom. The average Bonchev–Trinajstić information content (AvgIpc) is 2.93. The molecule has 0 bridgehead atoms. The zero-order chi connectivity index (χ0) is 13.0. The smallest absolute Gasteiger partial charge is 0.107 e. The summed E-state index contributed by atoms with van der Waals surface area (Å²) in [6, 6.07) is 2.07. The summed E-state index contributed by atoms with van der Waals surface area (Å²) in [5, 5.41) is 3.40. The predicted octanol–water partition coefficient (Wildman–Crippen LogP) is 3.48. The standard InChI is InChI=1S/C12H17BrClNO2S/c1-16-5-3-15-7-8-2-4-17-11(8)10-6-9(13)12(14)18-10/h6,8,11,15H,2-5,7H2,1H3. The first kappa shape index (κ1) is 14.8. The number of ether oxygens (including phenoxy) is 2. The molecule has 3 nitrogen and oxygen atoms in total. The van der Waals surface area contributed by atoms with Crippen molar-refractivity contribution in [3.8, 4) is 0 Å². The Kier molecular flexibility index (Phi) is 5.92. The molecule has 1 aliphatic rings. The first-order valence-corrected chi connectivity index (χ1v) is 7.97.